The SMILES string of the molecule is CCCCCCCCCCCCCCCCCCCC(=O)OC[C@H](COC(=O)CCCCCCCCCCCCCC(C)C)OC(=O)CCCCCCCCCCCCCCCCCC(C)C. The molecule has 0 unspecified atom stereocenters. The summed E-state index contributed by atoms with van der Waals surface area (Å²) in [7, 11) is 0. The normalized spacial score (nSPS) is 12.0. The van der Waals surface area contributed by atoms with Gasteiger partial charge in [0, 0.05) is 19.3 Å². The molecule has 0 aromatic carbocycles. The fraction of sp³-hybridized carbons (Fsp3) is 0.951. The molecule has 67 heavy (non-hydrogen) atoms. The molecule has 0 rings (SSSR count). The average Bonchev–Trinajstić information content (AvgIpc) is 3.30. The van der Waals surface area contributed by atoms with Crippen LogP contribution in [0.1, 0.15) is 343 Å². The van der Waals surface area contributed by atoms with E-state index in [4.69, 9.17) is 14.2 Å². The zero-order valence-electron chi connectivity index (χ0n) is 46.0. The second kappa shape index (κ2) is 53.8. The van der Waals surface area contributed by atoms with Gasteiger partial charge in [-0.05, 0) is 31.1 Å². The van der Waals surface area contributed by atoms with Crippen molar-refractivity contribution in [3.8, 4) is 0 Å². The predicted molar refractivity (Wildman–Crippen MR) is 289 cm³/mol. The van der Waals surface area contributed by atoms with Crippen molar-refractivity contribution in [1.82, 2.24) is 0 Å². The van der Waals surface area contributed by atoms with E-state index in [1.807, 2.05) is 0 Å². The molecule has 0 saturated heterocycles. The molecule has 0 amide bonds. The molecule has 0 aliphatic rings. The Labute approximate surface area is 418 Å². The van der Waals surface area contributed by atoms with E-state index in [-0.39, 0.29) is 31.1 Å². The minimum atomic E-state index is -0.763. The molecule has 1 atom stereocenters. The molecule has 0 radical (unpaired) electrons. The number of carbonyl (C=O) groups is 3. The number of ether oxygens (including phenoxy) is 3. The van der Waals surface area contributed by atoms with Crippen LogP contribution in [0.25, 0.3) is 0 Å². The number of unbranched alkanes of at least 4 members (excludes halogenated alkanes) is 40. The fourth-order valence-corrected chi connectivity index (χ4v) is 9.40. The number of hydrogen-bond donors (Lipinski definition) is 0. The molecular weight excluding hydrogens is 829 g/mol. The summed E-state index contributed by atoms with van der Waals surface area (Å²) in [5, 5.41) is 0. The Morgan fingerprint density at radius 3 is 0.731 bits per heavy atom. The van der Waals surface area contributed by atoms with E-state index in [1.54, 1.807) is 0 Å². The molecule has 0 aromatic heterocycles. The molecular formula is C61H118O6. The largest absolute Gasteiger partial charge is 0.462 e. The fourth-order valence-electron chi connectivity index (χ4n) is 9.40. The highest BCUT2D eigenvalue weighted by Crippen LogP contribution is 2.18. The van der Waals surface area contributed by atoms with Crippen LogP contribution in [0.3, 0.4) is 0 Å². The average molecular weight is 948 g/mol. The summed E-state index contributed by atoms with van der Waals surface area (Å²) in [5.41, 5.74) is 0. The van der Waals surface area contributed by atoms with Crippen LogP contribution in [-0.4, -0.2) is 37.2 Å². The number of esters is 3. The van der Waals surface area contributed by atoms with Crippen molar-refractivity contribution in [2.45, 2.75) is 349 Å². The van der Waals surface area contributed by atoms with Gasteiger partial charge in [0.15, 0.2) is 6.10 Å². The van der Waals surface area contributed by atoms with Crippen LogP contribution >= 0.6 is 0 Å². The summed E-state index contributed by atoms with van der Waals surface area (Å²) in [6, 6.07) is 0. The summed E-state index contributed by atoms with van der Waals surface area (Å²) in [6.45, 7) is 11.4. The maximum atomic E-state index is 12.9. The highest BCUT2D eigenvalue weighted by Gasteiger charge is 2.19. The van der Waals surface area contributed by atoms with Crippen LogP contribution in [0, 0.1) is 11.8 Å². The van der Waals surface area contributed by atoms with E-state index in [0.29, 0.717) is 19.3 Å². The van der Waals surface area contributed by atoms with Crippen LogP contribution in [0.2, 0.25) is 0 Å². The maximum Gasteiger partial charge on any atom is 0.306 e. The van der Waals surface area contributed by atoms with E-state index in [9.17, 15) is 14.4 Å². The summed E-state index contributed by atoms with van der Waals surface area (Å²) in [5.74, 6) is 0.839. The predicted octanol–water partition coefficient (Wildman–Crippen LogP) is 20.0. The monoisotopic (exact) mass is 947 g/mol. The summed E-state index contributed by atoms with van der Waals surface area (Å²) < 4.78 is 16.9. The van der Waals surface area contributed by atoms with Gasteiger partial charge in [0.05, 0.1) is 0 Å². The third kappa shape index (κ3) is 55.2. The van der Waals surface area contributed by atoms with E-state index in [1.165, 1.54) is 231 Å². The third-order valence-electron chi connectivity index (χ3n) is 14.0. The zero-order chi connectivity index (χ0) is 48.9. The molecule has 0 N–H and O–H groups in total. The van der Waals surface area contributed by atoms with Crippen molar-refractivity contribution >= 4 is 17.9 Å². The van der Waals surface area contributed by atoms with Gasteiger partial charge >= 0.3 is 17.9 Å². The Hall–Kier alpha value is -1.59. The summed E-state index contributed by atoms with van der Waals surface area (Å²) in [6.07, 6.45) is 58.1. The van der Waals surface area contributed by atoms with Crippen molar-refractivity contribution < 1.29 is 28.6 Å². The zero-order valence-corrected chi connectivity index (χ0v) is 46.0. The topological polar surface area (TPSA) is 78.9 Å². The van der Waals surface area contributed by atoms with Crippen LogP contribution in [0.5, 0.6) is 0 Å². The van der Waals surface area contributed by atoms with E-state index in [2.05, 4.69) is 34.6 Å². The van der Waals surface area contributed by atoms with Gasteiger partial charge in [-0.25, -0.2) is 0 Å². The lowest BCUT2D eigenvalue weighted by Gasteiger charge is -2.18. The number of carbonyl (C=O) groups excluding carboxylic acids is 3. The summed E-state index contributed by atoms with van der Waals surface area (Å²) >= 11 is 0. The van der Waals surface area contributed by atoms with Crippen LogP contribution in [-0.2, 0) is 28.6 Å². The van der Waals surface area contributed by atoms with Gasteiger partial charge in [-0.1, -0.05) is 304 Å². The Morgan fingerprint density at radius 1 is 0.284 bits per heavy atom. The van der Waals surface area contributed by atoms with Gasteiger partial charge in [0.1, 0.15) is 13.2 Å². The van der Waals surface area contributed by atoms with Gasteiger partial charge in [-0.2, -0.15) is 0 Å². The van der Waals surface area contributed by atoms with Crippen molar-refractivity contribution in [3.05, 3.63) is 0 Å². The first-order valence-electron chi connectivity index (χ1n) is 30.2. The Morgan fingerprint density at radius 2 is 0.493 bits per heavy atom. The lowest BCUT2D eigenvalue weighted by atomic mass is 10.0. The van der Waals surface area contributed by atoms with Gasteiger partial charge in [0.2, 0.25) is 0 Å². The molecule has 0 aliphatic carbocycles. The second-order valence-corrected chi connectivity index (χ2v) is 21.9. The molecule has 398 valence electrons. The Bertz CT molecular complexity index is 1020. The highest BCUT2D eigenvalue weighted by molar-refractivity contribution is 5.71. The molecule has 6 nitrogen and oxygen atoms in total. The van der Waals surface area contributed by atoms with Crippen molar-refractivity contribution in [2.24, 2.45) is 11.8 Å². The lowest BCUT2D eigenvalue weighted by molar-refractivity contribution is -0.167. The van der Waals surface area contributed by atoms with E-state index >= 15 is 0 Å². The Kier molecular flexibility index (Phi) is 52.5. The molecule has 0 fully saturated rings. The lowest BCUT2D eigenvalue weighted by Crippen LogP contribution is -2.30. The van der Waals surface area contributed by atoms with Crippen LogP contribution in [0.15, 0.2) is 0 Å². The van der Waals surface area contributed by atoms with Gasteiger partial charge in [-0.3, -0.25) is 14.4 Å². The molecule has 6 heteroatoms. The maximum absolute atomic E-state index is 12.9. The third-order valence-corrected chi connectivity index (χ3v) is 14.0. The smallest absolute Gasteiger partial charge is 0.306 e. The van der Waals surface area contributed by atoms with Crippen molar-refractivity contribution in [2.75, 3.05) is 13.2 Å². The van der Waals surface area contributed by atoms with Crippen LogP contribution in [0.4, 0.5) is 0 Å². The van der Waals surface area contributed by atoms with E-state index in [0.717, 1.165) is 69.6 Å². The van der Waals surface area contributed by atoms with Crippen molar-refractivity contribution in [3.63, 3.8) is 0 Å². The molecule has 0 saturated carbocycles. The van der Waals surface area contributed by atoms with Gasteiger partial charge in [0.25, 0.3) is 0 Å². The molecule has 0 heterocycles. The minimum Gasteiger partial charge on any atom is -0.462 e. The molecule has 0 spiro atoms. The van der Waals surface area contributed by atoms with Crippen molar-refractivity contribution in [1.29, 1.82) is 0 Å². The first kappa shape index (κ1) is 65.4. The second-order valence-electron chi connectivity index (χ2n) is 21.9. The quantitative estimate of drug-likeness (QED) is 0.0343. The standard InChI is InChI=1S/C61H118O6/c1-6-7-8-9-10-11-12-13-14-15-18-21-26-31-36-41-46-51-59(62)65-54-58(55-66-60(63)52-47-42-37-32-28-23-25-30-35-40-45-50-57(4)5)67-61(64)53-48-43-38-33-27-22-19-16-17-20-24-29-34-39-44-49-56(2)3/h56-58H,6-55H2,1-5H3/t58-/m1/s1. The first-order chi connectivity index (χ1) is 32.7. The van der Waals surface area contributed by atoms with Gasteiger partial charge < -0.3 is 14.2 Å². The minimum absolute atomic E-state index is 0.0623. The van der Waals surface area contributed by atoms with E-state index < -0.39 is 6.10 Å². The molecule has 0 aromatic rings. The number of rotatable bonds is 55. The van der Waals surface area contributed by atoms with Crippen LogP contribution < -0.4 is 0 Å². The first-order valence-corrected chi connectivity index (χ1v) is 30.2. The number of hydrogen-bond acceptors (Lipinski definition) is 6. The Balaban J connectivity index is 4.29. The molecule has 0 aliphatic heterocycles. The molecule has 0 bridgehead atoms. The highest BCUT2D eigenvalue weighted by atomic mass is 16.6. The van der Waals surface area contributed by atoms with Gasteiger partial charge in [-0.15, -0.1) is 0 Å². The summed E-state index contributed by atoms with van der Waals surface area (Å²) in [4.78, 5) is 38.2.